The van der Waals surface area contributed by atoms with Gasteiger partial charge in [0.15, 0.2) is 11.5 Å². The predicted octanol–water partition coefficient (Wildman–Crippen LogP) is 2.56. The molecule has 0 radical (unpaired) electrons. The normalized spacial score (nSPS) is 10.5. The highest BCUT2D eigenvalue weighted by atomic mass is 79.9. The van der Waals surface area contributed by atoms with Gasteiger partial charge < -0.3 is 14.9 Å². The molecule has 2 aromatic rings. The second-order valence-electron chi connectivity index (χ2n) is 3.91. The summed E-state index contributed by atoms with van der Waals surface area (Å²) in [6.45, 7) is 1.83. The Morgan fingerprint density at radius 2 is 2.16 bits per heavy atom. The van der Waals surface area contributed by atoms with Crippen molar-refractivity contribution >= 4 is 21.9 Å². The third kappa shape index (κ3) is 2.28. The Bertz CT molecular complexity index is 651. The second-order valence-corrected chi connectivity index (χ2v) is 4.70. The van der Waals surface area contributed by atoms with Crippen LogP contribution in [0.2, 0.25) is 0 Å². The maximum atomic E-state index is 10.8. The molecule has 7 heteroatoms. The lowest BCUT2D eigenvalue weighted by molar-refractivity contribution is 0.0690. The maximum absolute atomic E-state index is 10.8. The molecule has 0 aliphatic heterocycles. The number of carboxylic acids is 1. The zero-order valence-electron chi connectivity index (χ0n) is 10.2. The van der Waals surface area contributed by atoms with Gasteiger partial charge in [0, 0.05) is 4.47 Å². The first-order chi connectivity index (χ1) is 8.95. The molecule has 100 valence electrons. The van der Waals surface area contributed by atoms with E-state index in [1.54, 1.807) is 6.07 Å². The van der Waals surface area contributed by atoms with Crippen molar-refractivity contribution in [3.8, 4) is 22.8 Å². The summed E-state index contributed by atoms with van der Waals surface area (Å²) in [7, 11) is 1.44. The van der Waals surface area contributed by atoms with Crippen molar-refractivity contribution in [2.75, 3.05) is 7.11 Å². The van der Waals surface area contributed by atoms with Crippen LogP contribution < -0.4 is 4.74 Å². The highest BCUT2D eigenvalue weighted by Gasteiger charge is 2.20. The fourth-order valence-electron chi connectivity index (χ4n) is 1.70. The number of ether oxygens (including phenoxy) is 1. The number of hydrogen-bond donors (Lipinski definition) is 3. The zero-order chi connectivity index (χ0) is 14.2. The highest BCUT2D eigenvalue weighted by molar-refractivity contribution is 9.10. The van der Waals surface area contributed by atoms with Gasteiger partial charge in [-0.2, -0.15) is 5.10 Å². The minimum absolute atomic E-state index is 0.0539. The number of aromatic carboxylic acids is 1. The van der Waals surface area contributed by atoms with Gasteiger partial charge in [-0.15, -0.1) is 0 Å². The number of benzene rings is 1. The van der Waals surface area contributed by atoms with Crippen molar-refractivity contribution in [1.29, 1.82) is 0 Å². The van der Waals surface area contributed by atoms with Crippen LogP contribution in [0.25, 0.3) is 11.3 Å². The molecule has 6 nitrogen and oxygen atoms in total. The lowest BCUT2D eigenvalue weighted by atomic mass is 10.1. The minimum atomic E-state index is -1.12. The van der Waals surface area contributed by atoms with Crippen LogP contribution in [0.4, 0.5) is 0 Å². The van der Waals surface area contributed by atoms with Gasteiger partial charge in [0.25, 0.3) is 0 Å². The number of H-pyrrole nitrogens is 1. The fourth-order valence-corrected chi connectivity index (χ4v) is 2.21. The third-order valence-electron chi connectivity index (χ3n) is 2.67. The molecule has 0 amide bonds. The number of carbonyl (C=O) groups is 1. The summed E-state index contributed by atoms with van der Waals surface area (Å²) < 4.78 is 5.71. The molecule has 0 aliphatic carbocycles. The first-order valence-corrected chi connectivity index (χ1v) is 6.10. The average Bonchev–Trinajstić information content (AvgIpc) is 2.83. The van der Waals surface area contributed by atoms with E-state index in [4.69, 9.17) is 9.84 Å². The number of methoxy groups -OCH3 is 1. The second kappa shape index (κ2) is 4.93. The smallest absolute Gasteiger partial charge is 0.353 e. The molecule has 3 N–H and O–H groups in total. The molecule has 0 saturated heterocycles. The molecule has 0 unspecified atom stereocenters. The quantitative estimate of drug-likeness (QED) is 0.805. The Morgan fingerprint density at radius 1 is 1.47 bits per heavy atom. The van der Waals surface area contributed by atoms with Crippen molar-refractivity contribution in [2.24, 2.45) is 0 Å². The number of aromatic amines is 1. The summed E-state index contributed by atoms with van der Waals surface area (Å²) >= 11 is 3.36. The van der Waals surface area contributed by atoms with Crippen LogP contribution in [0.1, 0.15) is 16.1 Å². The van der Waals surface area contributed by atoms with Gasteiger partial charge in [-0.1, -0.05) is 0 Å². The highest BCUT2D eigenvalue weighted by Crippen LogP contribution is 2.43. The summed E-state index contributed by atoms with van der Waals surface area (Å²) in [5.74, 6) is -0.909. The van der Waals surface area contributed by atoms with E-state index in [9.17, 15) is 9.90 Å². The van der Waals surface area contributed by atoms with Crippen LogP contribution in [0.5, 0.6) is 11.5 Å². The number of aryl methyl sites for hydroxylation is 1. The molecule has 1 aromatic carbocycles. The van der Waals surface area contributed by atoms with E-state index in [1.807, 2.05) is 6.92 Å². The molecular formula is C12H11BrN2O4. The monoisotopic (exact) mass is 326 g/mol. The number of aromatic nitrogens is 2. The molecule has 0 aliphatic rings. The summed E-state index contributed by atoms with van der Waals surface area (Å²) in [5.41, 5.74) is 1.50. The third-order valence-corrected chi connectivity index (χ3v) is 3.69. The number of aromatic hydroxyl groups is 1. The number of nitrogens with one attached hydrogen (secondary N) is 1. The molecule has 0 bridgehead atoms. The van der Waals surface area contributed by atoms with Crippen LogP contribution in [-0.2, 0) is 0 Å². The van der Waals surface area contributed by atoms with E-state index in [-0.39, 0.29) is 11.4 Å². The number of carboxylic acid groups (broad SMARTS) is 1. The Labute approximate surface area is 117 Å². The molecular weight excluding hydrogens is 316 g/mol. The Kier molecular flexibility index (Phi) is 3.48. The lowest BCUT2D eigenvalue weighted by Gasteiger charge is -2.11. The van der Waals surface area contributed by atoms with Gasteiger partial charge in [0.05, 0.1) is 18.4 Å². The maximum Gasteiger partial charge on any atom is 0.353 e. The number of halogens is 1. The Balaban J connectivity index is 2.66. The molecule has 0 saturated carbocycles. The van der Waals surface area contributed by atoms with Crippen molar-refractivity contribution in [3.63, 3.8) is 0 Å². The topological polar surface area (TPSA) is 95.4 Å². The van der Waals surface area contributed by atoms with E-state index in [1.165, 1.54) is 13.2 Å². The molecule has 0 atom stereocenters. The fraction of sp³-hybridized carbons (Fsp3) is 0.167. The minimum Gasteiger partial charge on any atom is -0.504 e. The van der Waals surface area contributed by atoms with Gasteiger partial charge in [0.1, 0.15) is 5.69 Å². The number of phenols is 1. The molecule has 1 aromatic heterocycles. The summed E-state index contributed by atoms with van der Waals surface area (Å²) in [4.78, 5) is 10.8. The van der Waals surface area contributed by atoms with Crippen LogP contribution in [-0.4, -0.2) is 33.5 Å². The van der Waals surface area contributed by atoms with E-state index in [2.05, 4.69) is 26.1 Å². The summed E-state index contributed by atoms with van der Waals surface area (Å²) in [5, 5.41) is 25.3. The lowest BCUT2D eigenvalue weighted by Crippen LogP contribution is -1.95. The van der Waals surface area contributed by atoms with Crippen LogP contribution in [0.15, 0.2) is 16.6 Å². The number of nitrogens with zero attached hydrogens (tertiary/aromatic N) is 1. The van der Waals surface area contributed by atoms with Gasteiger partial charge in [0.2, 0.25) is 0 Å². The van der Waals surface area contributed by atoms with Gasteiger partial charge in [-0.05, 0) is 40.5 Å². The largest absolute Gasteiger partial charge is 0.504 e. The SMILES string of the molecule is COc1cc(C)c(Br)c(-c2cc(C(=O)O)[nH]n2)c1O. The molecule has 0 fully saturated rings. The molecule has 0 spiro atoms. The number of hydrogen-bond acceptors (Lipinski definition) is 4. The summed E-state index contributed by atoms with van der Waals surface area (Å²) in [6, 6.07) is 3.02. The van der Waals surface area contributed by atoms with Crippen molar-refractivity contribution in [2.45, 2.75) is 6.92 Å². The van der Waals surface area contributed by atoms with Crippen LogP contribution >= 0.6 is 15.9 Å². The van der Waals surface area contributed by atoms with Crippen LogP contribution in [0.3, 0.4) is 0 Å². The average molecular weight is 327 g/mol. The van der Waals surface area contributed by atoms with Crippen molar-refractivity contribution in [3.05, 3.63) is 27.9 Å². The Hall–Kier alpha value is -2.02. The zero-order valence-corrected chi connectivity index (χ0v) is 11.8. The van der Waals surface area contributed by atoms with E-state index in [0.29, 0.717) is 21.5 Å². The molecule has 1 heterocycles. The first-order valence-electron chi connectivity index (χ1n) is 5.30. The van der Waals surface area contributed by atoms with Crippen molar-refractivity contribution in [1.82, 2.24) is 10.2 Å². The summed E-state index contributed by atoms with van der Waals surface area (Å²) in [6.07, 6.45) is 0. The van der Waals surface area contributed by atoms with Gasteiger partial charge in [-0.25, -0.2) is 4.79 Å². The van der Waals surface area contributed by atoms with Crippen molar-refractivity contribution < 1.29 is 19.7 Å². The first kappa shape index (κ1) is 13.4. The van der Waals surface area contributed by atoms with E-state index in [0.717, 1.165) is 5.56 Å². The Morgan fingerprint density at radius 3 is 2.68 bits per heavy atom. The van der Waals surface area contributed by atoms with Crippen LogP contribution in [0, 0.1) is 6.92 Å². The van der Waals surface area contributed by atoms with E-state index >= 15 is 0 Å². The molecule has 19 heavy (non-hydrogen) atoms. The standard InChI is InChI=1S/C12H11BrN2O4/c1-5-3-8(19-2)11(16)9(10(5)13)6-4-7(12(17)18)15-14-6/h3-4,16H,1-2H3,(H,14,15)(H,17,18). The predicted molar refractivity (Wildman–Crippen MR) is 71.6 cm³/mol. The van der Waals surface area contributed by atoms with Gasteiger partial charge in [-0.3, -0.25) is 5.10 Å². The molecule has 2 rings (SSSR count). The number of rotatable bonds is 3. The van der Waals surface area contributed by atoms with E-state index < -0.39 is 5.97 Å². The van der Waals surface area contributed by atoms with Gasteiger partial charge >= 0.3 is 5.97 Å². The number of phenolic OH excluding ortho intramolecular Hbond substituents is 1.